The third kappa shape index (κ3) is 4.13. The second-order valence-corrected chi connectivity index (χ2v) is 6.91. The van der Waals surface area contributed by atoms with Crippen LogP contribution in [0.15, 0.2) is 65.6 Å². The second-order valence-electron chi connectivity index (χ2n) is 6.91. The minimum atomic E-state index is -0.604. The van der Waals surface area contributed by atoms with Gasteiger partial charge in [0.15, 0.2) is 5.65 Å². The Bertz CT molecular complexity index is 1330. The van der Waals surface area contributed by atoms with Crippen molar-refractivity contribution in [3.63, 3.8) is 0 Å². The molecule has 31 heavy (non-hydrogen) atoms. The van der Waals surface area contributed by atoms with Crippen molar-refractivity contribution < 1.29 is 13.9 Å². The first-order valence-electron chi connectivity index (χ1n) is 9.53. The van der Waals surface area contributed by atoms with Crippen molar-refractivity contribution in [2.24, 2.45) is 0 Å². The standard InChI is InChI=1S/C23H19FN4O3/c1-14-26-22-18(4-3-11-25-22)23(30)28(14)16-7-10-19(24)20(13-16)27-21(29)12-15-5-8-17(31-2)9-6-15/h3-11,13H,12H2,1-2H3,(H,27,29). The number of rotatable bonds is 5. The van der Waals surface area contributed by atoms with Crippen LogP contribution in [-0.2, 0) is 11.2 Å². The summed E-state index contributed by atoms with van der Waals surface area (Å²) in [7, 11) is 1.56. The molecule has 0 atom stereocenters. The molecule has 0 fully saturated rings. The summed E-state index contributed by atoms with van der Waals surface area (Å²) in [5.41, 5.74) is 1.15. The van der Waals surface area contributed by atoms with Crippen LogP contribution in [0, 0.1) is 12.7 Å². The van der Waals surface area contributed by atoms with E-state index in [1.165, 1.54) is 22.8 Å². The van der Waals surface area contributed by atoms with Crippen LogP contribution in [0.5, 0.6) is 5.75 Å². The number of pyridine rings is 1. The zero-order chi connectivity index (χ0) is 22.0. The maximum atomic E-state index is 14.4. The lowest BCUT2D eigenvalue weighted by Gasteiger charge is -2.13. The van der Waals surface area contributed by atoms with Gasteiger partial charge in [-0.2, -0.15) is 0 Å². The van der Waals surface area contributed by atoms with E-state index in [-0.39, 0.29) is 23.6 Å². The van der Waals surface area contributed by atoms with E-state index in [4.69, 9.17) is 4.74 Å². The highest BCUT2D eigenvalue weighted by atomic mass is 19.1. The first-order valence-corrected chi connectivity index (χ1v) is 9.53. The molecule has 2 heterocycles. The Morgan fingerprint density at radius 3 is 2.68 bits per heavy atom. The third-order valence-electron chi connectivity index (χ3n) is 4.82. The Morgan fingerprint density at radius 1 is 1.16 bits per heavy atom. The average molecular weight is 418 g/mol. The van der Waals surface area contributed by atoms with E-state index in [2.05, 4.69) is 15.3 Å². The first-order chi connectivity index (χ1) is 15.0. The fourth-order valence-corrected chi connectivity index (χ4v) is 3.30. The van der Waals surface area contributed by atoms with Gasteiger partial charge in [0.25, 0.3) is 5.56 Å². The van der Waals surface area contributed by atoms with E-state index < -0.39 is 5.82 Å². The Labute approximate surface area is 177 Å². The summed E-state index contributed by atoms with van der Waals surface area (Å²) in [5, 5.41) is 2.93. The lowest BCUT2D eigenvalue weighted by Crippen LogP contribution is -2.23. The first kappa shape index (κ1) is 20.2. The summed E-state index contributed by atoms with van der Waals surface area (Å²) in [6, 6.07) is 14.4. The van der Waals surface area contributed by atoms with E-state index in [9.17, 15) is 14.0 Å². The van der Waals surface area contributed by atoms with Crippen molar-refractivity contribution >= 4 is 22.6 Å². The van der Waals surface area contributed by atoms with Gasteiger partial charge in [-0.15, -0.1) is 0 Å². The molecule has 1 N–H and O–H groups in total. The highest BCUT2D eigenvalue weighted by Crippen LogP contribution is 2.20. The van der Waals surface area contributed by atoms with Crippen molar-refractivity contribution in [3.8, 4) is 11.4 Å². The lowest BCUT2D eigenvalue weighted by molar-refractivity contribution is -0.115. The molecule has 0 saturated heterocycles. The van der Waals surface area contributed by atoms with E-state index in [1.54, 1.807) is 56.6 Å². The summed E-state index contributed by atoms with van der Waals surface area (Å²) in [6.45, 7) is 1.67. The van der Waals surface area contributed by atoms with Gasteiger partial charge in [0, 0.05) is 6.20 Å². The van der Waals surface area contributed by atoms with Gasteiger partial charge in [0.1, 0.15) is 17.4 Å². The Morgan fingerprint density at radius 2 is 1.94 bits per heavy atom. The number of aryl methyl sites for hydroxylation is 1. The Balaban J connectivity index is 1.64. The van der Waals surface area contributed by atoms with Gasteiger partial charge in [0.2, 0.25) is 5.91 Å². The van der Waals surface area contributed by atoms with E-state index in [1.807, 2.05) is 0 Å². The van der Waals surface area contributed by atoms with Gasteiger partial charge in [-0.25, -0.2) is 14.4 Å². The Kier molecular flexibility index (Phi) is 5.44. The zero-order valence-corrected chi connectivity index (χ0v) is 16.9. The maximum Gasteiger partial charge on any atom is 0.267 e. The number of hydrogen-bond donors (Lipinski definition) is 1. The van der Waals surface area contributed by atoms with Crippen LogP contribution in [0.1, 0.15) is 11.4 Å². The molecule has 0 aliphatic carbocycles. The summed E-state index contributed by atoms with van der Waals surface area (Å²) in [5.74, 6) is 0.0975. The third-order valence-corrected chi connectivity index (χ3v) is 4.82. The molecule has 7 nitrogen and oxygen atoms in total. The number of anilines is 1. The molecular weight excluding hydrogens is 399 g/mol. The number of halogens is 1. The summed E-state index contributed by atoms with van der Waals surface area (Å²) < 4.78 is 20.9. The molecule has 4 aromatic rings. The van der Waals surface area contributed by atoms with Crippen LogP contribution in [-0.4, -0.2) is 27.6 Å². The van der Waals surface area contributed by atoms with Gasteiger partial charge in [-0.3, -0.25) is 14.2 Å². The van der Waals surface area contributed by atoms with E-state index >= 15 is 0 Å². The van der Waals surface area contributed by atoms with Crippen LogP contribution < -0.4 is 15.6 Å². The number of nitrogens with zero attached hydrogens (tertiary/aromatic N) is 3. The van der Waals surface area contributed by atoms with Crippen LogP contribution in [0.25, 0.3) is 16.7 Å². The molecule has 1 amide bonds. The van der Waals surface area contributed by atoms with E-state index in [0.29, 0.717) is 28.3 Å². The number of ether oxygens (including phenoxy) is 1. The monoisotopic (exact) mass is 418 g/mol. The van der Waals surface area contributed by atoms with Crippen LogP contribution in [0.4, 0.5) is 10.1 Å². The minimum absolute atomic E-state index is 0.0198. The molecule has 0 aliphatic heterocycles. The number of hydrogen-bond acceptors (Lipinski definition) is 5. The average Bonchev–Trinajstić information content (AvgIpc) is 2.76. The number of aromatic nitrogens is 3. The van der Waals surface area contributed by atoms with Gasteiger partial charge < -0.3 is 10.1 Å². The van der Waals surface area contributed by atoms with Crippen LogP contribution in [0.3, 0.4) is 0 Å². The number of nitrogens with one attached hydrogen (secondary N) is 1. The minimum Gasteiger partial charge on any atom is -0.497 e. The molecule has 4 rings (SSSR count). The highest BCUT2D eigenvalue weighted by Gasteiger charge is 2.14. The van der Waals surface area contributed by atoms with Gasteiger partial charge >= 0.3 is 0 Å². The second kappa shape index (κ2) is 8.35. The fraction of sp³-hybridized carbons (Fsp3) is 0.130. The maximum absolute atomic E-state index is 14.4. The normalized spacial score (nSPS) is 10.8. The summed E-state index contributed by atoms with van der Waals surface area (Å²) >= 11 is 0. The predicted molar refractivity (Wildman–Crippen MR) is 115 cm³/mol. The largest absolute Gasteiger partial charge is 0.497 e. The lowest BCUT2D eigenvalue weighted by atomic mass is 10.1. The number of amides is 1. The fourth-order valence-electron chi connectivity index (χ4n) is 3.30. The van der Waals surface area contributed by atoms with Crippen molar-refractivity contribution in [2.45, 2.75) is 13.3 Å². The molecule has 8 heteroatoms. The van der Waals surface area contributed by atoms with Gasteiger partial charge in [-0.1, -0.05) is 12.1 Å². The highest BCUT2D eigenvalue weighted by molar-refractivity contribution is 5.92. The molecular formula is C23H19FN4O3. The molecule has 0 saturated carbocycles. The SMILES string of the molecule is COc1ccc(CC(=O)Nc2cc(-n3c(C)nc4ncccc4c3=O)ccc2F)cc1. The van der Waals surface area contributed by atoms with Crippen molar-refractivity contribution in [3.05, 3.63) is 88.4 Å². The molecule has 0 bridgehead atoms. The topological polar surface area (TPSA) is 86.1 Å². The Hall–Kier alpha value is -4.07. The molecule has 0 radical (unpaired) electrons. The molecule has 0 aliphatic rings. The van der Waals surface area contributed by atoms with E-state index in [0.717, 1.165) is 5.56 Å². The molecule has 0 spiro atoms. The van der Waals surface area contributed by atoms with Crippen LogP contribution >= 0.6 is 0 Å². The van der Waals surface area contributed by atoms with Crippen molar-refractivity contribution in [2.75, 3.05) is 12.4 Å². The van der Waals surface area contributed by atoms with Gasteiger partial charge in [0.05, 0.1) is 30.3 Å². The number of benzene rings is 2. The number of carbonyl (C=O) groups is 1. The number of carbonyl (C=O) groups excluding carboxylic acids is 1. The molecule has 156 valence electrons. The smallest absolute Gasteiger partial charge is 0.267 e. The number of methoxy groups -OCH3 is 1. The zero-order valence-electron chi connectivity index (χ0n) is 16.9. The quantitative estimate of drug-likeness (QED) is 0.537. The summed E-state index contributed by atoms with van der Waals surface area (Å²) in [4.78, 5) is 33.9. The van der Waals surface area contributed by atoms with Crippen LogP contribution in [0.2, 0.25) is 0 Å². The van der Waals surface area contributed by atoms with Gasteiger partial charge in [-0.05, 0) is 55.0 Å². The summed E-state index contributed by atoms with van der Waals surface area (Å²) in [6.07, 6.45) is 1.63. The van der Waals surface area contributed by atoms with Crippen molar-refractivity contribution in [1.29, 1.82) is 0 Å². The number of fused-ring (bicyclic) bond motifs is 1. The molecule has 0 unspecified atom stereocenters. The molecule has 2 aromatic heterocycles. The van der Waals surface area contributed by atoms with Crippen molar-refractivity contribution in [1.82, 2.24) is 14.5 Å². The molecule has 2 aromatic carbocycles. The predicted octanol–water partition coefficient (Wildman–Crippen LogP) is 3.42.